The zero-order valence-corrected chi connectivity index (χ0v) is 16.5. The summed E-state index contributed by atoms with van der Waals surface area (Å²) in [6.45, 7) is 5.94. The van der Waals surface area contributed by atoms with Gasteiger partial charge in [0.25, 0.3) is 0 Å². The van der Waals surface area contributed by atoms with E-state index in [9.17, 15) is 9.59 Å². The zero-order valence-electron chi connectivity index (χ0n) is 15.7. The quantitative estimate of drug-likeness (QED) is 0.406. The van der Waals surface area contributed by atoms with Crippen molar-refractivity contribution in [3.05, 3.63) is 41.6 Å². The second kappa shape index (κ2) is 9.91. The maximum Gasteiger partial charge on any atom is 0.343 e. The lowest BCUT2D eigenvalue weighted by atomic mass is 10.1. The van der Waals surface area contributed by atoms with E-state index in [0.29, 0.717) is 11.6 Å². The first-order chi connectivity index (χ1) is 13.0. The number of aryl methyl sites for hydroxylation is 1. The van der Waals surface area contributed by atoms with Crippen LogP contribution in [0.2, 0.25) is 0 Å². The van der Waals surface area contributed by atoms with Gasteiger partial charge in [-0.05, 0) is 37.5 Å². The van der Waals surface area contributed by atoms with Crippen molar-refractivity contribution < 1.29 is 14.3 Å². The molecule has 3 N–H and O–H groups in total. The van der Waals surface area contributed by atoms with E-state index in [1.54, 1.807) is 6.92 Å². The van der Waals surface area contributed by atoms with Crippen LogP contribution < -0.4 is 11.1 Å². The van der Waals surface area contributed by atoms with Crippen molar-refractivity contribution in [1.82, 2.24) is 9.97 Å². The number of anilines is 2. The van der Waals surface area contributed by atoms with Gasteiger partial charge in [-0.3, -0.25) is 4.79 Å². The molecule has 1 heterocycles. The SMILES string of the molecule is CCOC(=O)c1cnc(S[C@H](CC)C(=O)Nc2ccc(CC)cc2)nc1N. The molecule has 0 unspecified atom stereocenters. The molecule has 0 saturated heterocycles. The highest BCUT2D eigenvalue weighted by molar-refractivity contribution is 8.00. The lowest BCUT2D eigenvalue weighted by Gasteiger charge is -2.14. The number of aromatic nitrogens is 2. The van der Waals surface area contributed by atoms with Crippen LogP contribution in [-0.4, -0.2) is 33.7 Å². The first-order valence-corrected chi connectivity index (χ1v) is 9.72. The summed E-state index contributed by atoms with van der Waals surface area (Å²) in [4.78, 5) is 32.6. The average Bonchev–Trinajstić information content (AvgIpc) is 2.66. The molecule has 144 valence electrons. The van der Waals surface area contributed by atoms with E-state index in [-0.39, 0.29) is 29.1 Å². The van der Waals surface area contributed by atoms with Crippen LogP contribution in [0, 0.1) is 0 Å². The summed E-state index contributed by atoms with van der Waals surface area (Å²) in [5.41, 5.74) is 7.90. The van der Waals surface area contributed by atoms with Crippen LogP contribution in [0.3, 0.4) is 0 Å². The summed E-state index contributed by atoms with van der Waals surface area (Å²) in [5.74, 6) is -0.661. The fraction of sp³-hybridized carbons (Fsp3) is 0.368. The van der Waals surface area contributed by atoms with Gasteiger partial charge >= 0.3 is 5.97 Å². The lowest BCUT2D eigenvalue weighted by Crippen LogP contribution is -2.25. The Balaban J connectivity index is 2.05. The zero-order chi connectivity index (χ0) is 19.8. The Labute approximate surface area is 163 Å². The van der Waals surface area contributed by atoms with E-state index >= 15 is 0 Å². The van der Waals surface area contributed by atoms with Gasteiger partial charge in [0.15, 0.2) is 5.16 Å². The number of benzene rings is 1. The third kappa shape index (κ3) is 5.68. The fourth-order valence-electron chi connectivity index (χ4n) is 2.30. The van der Waals surface area contributed by atoms with Gasteiger partial charge in [0.1, 0.15) is 11.4 Å². The number of carbonyl (C=O) groups excluding carboxylic acids is 2. The monoisotopic (exact) mass is 388 g/mol. The first-order valence-electron chi connectivity index (χ1n) is 8.84. The van der Waals surface area contributed by atoms with Crippen LogP contribution >= 0.6 is 11.8 Å². The number of carbonyl (C=O) groups is 2. The highest BCUT2D eigenvalue weighted by Crippen LogP contribution is 2.25. The summed E-state index contributed by atoms with van der Waals surface area (Å²) in [5, 5.41) is 2.86. The predicted molar refractivity (Wildman–Crippen MR) is 107 cm³/mol. The van der Waals surface area contributed by atoms with E-state index in [2.05, 4.69) is 22.2 Å². The molecule has 8 heteroatoms. The van der Waals surface area contributed by atoms with Crippen molar-refractivity contribution in [1.29, 1.82) is 0 Å². The van der Waals surface area contributed by atoms with E-state index in [0.717, 1.165) is 12.1 Å². The molecule has 0 aliphatic carbocycles. The van der Waals surface area contributed by atoms with Crippen LogP contribution in [0.4, 0.5) is 11.5 Å². The normalized spacial score (nSPS) is 11.7. The highest BCUT2D eigenvalue weighted by Gasteiger charge is 2.21. The molecule has 0 saturated carbocycles. The third-order valence-electron chi connectivity index (χ3n) is 3.83. The number of ether oxygens (including phenoxy) is 1. The summed E-state index contributed by atoms with van der Waals surface area (Å²) in [6.07, 6.45) is 2.87. The van der Waals surface area contributed by atoms with Gasteiger partial charge in [-0.25, -0.2) is 14.8 Å². The number of nitrogens with zero attached hydrogens (tertiary/aromatic N) is 2. The third-order valence-corrected chi connectivity index (χ3v) is 5.07. The molecular formula is C19H24N4O3S. The summed E-state index contributed by atoms with van der Waals surface area (Å²) >= 11 is 1.21. The van der Waals surface area contributed by atoms with E-state index < -0.39 is 5.97 Å². The minimum Gasteiger partial charge on any atom is -0.462 e. The number of nitrogens with one attached hydrogen (secondary N) is 1. The van der Waals surface area contributed by atoms with Crippen LogP contribution in [-0.2, 0) is 16.0 Å². The van der Waals surface area contributed by atoms with Crippen molar-refractivity contribution >= 4 is 35.1 Å². The maximum absolute atomic E-state index is 12.6. The van der Waals surface area contributed by atoms with Gasteiger partial charge in [-0.1, -0.05) is 37.7 Å². The Morgan fingerprint density at radius 2 is 1.93 bits per heavy atom. The van der Waals surface area contributed by atoms with Crippen LogP contribution in [0.25, 0.3) is 0 Å². The molecule has 0 bridgehead atoms. The Hall–Kier alpha value is -2.61. The summed E-state index contributed by atoms with van der Waals surface area (Å²) in [6, 6.07) is 7.75. The Bertz CT molecular complexity index is 796. The van der Waals surface area contributed by atoms with Gasteiger partial charge in [-0.2, -0.15) is 0 Å². The molecule has 2 rings (SSSR count). The second-order valence-corrected chi connectivity index (χ2v) is 6.90. The molecule has 1 aromatic heterocycles. The molecule has 0 radical (unpaired) electrons. The molecule has 0 fully saturated rings. The Morgan fingerprint density at radius 3 is 2.48 bits per heavy atom. The van der Waals surface area contributed by atoms with E-state index in [1.165, 1.54) is 23.5 Å². The van der Waals surface area contributed by atoms with E-state index in [4.69, 9.17) is 10.5 Å². The maximum atomic E-state index is 12.6. The smallest absolute Gasteiger partial charge is 0.343 e. The molecular weight excluding hydrogens is 364 g/mol. The van der Waals surface area contributed by atoms with Crippen LogP contribution in [0.5, 0.6) is 0 Å². The van der Waals surface area contributed by atoms with Gasteiger partial charge in [-0.15, -0.1) is 0 Å². The van der Waals surface area contributed by atoms with Crippen molar-refractivity contribution in [2.24, 2.45) is 0 Å². The number of nitrogen functional groups attached to an aromatic ring is 1. The summed E-state index contributed by atoms with van der Waals surface area (Å²) in [7, 11) is 0. The number of hydrogen-bond donors (Lipinski definition) is 2. The van der Waals surface area contributed by atoms with Crippen molar-refractivity contribution in [2.45, 2.75) is 44.0 Å². The van der Waals surface area contributed by atoms with Crippen molar-refractivity contribution in [3.63, 3.8) is 0 Å². The highest BCUT2D eigenvalue weighted by atomic mass is 32.2. The molecule has 1 amide bonds. The minimum atomic E-state index is -0.563. The van der Waals surface area contributed by atoms with Gasteiger partial charge < -0.3 is 15.8 Å². The number of nitrogens with two attached hydrogens (primary N) is 1. The van der Waals surface area contributed by atoms with Gasteiger partial charge in [0, 0.05) is 11.9 Å². The summed E-state index contributed by atoms with van der Waals surface area (Å²) < 4.78 is 4.90. The standard InChI is InChI=1S/C19H24N4O3S/c1-4-12-7-9-13(10-8-12)22-17(24)15(5-2)27-19-21-11-14(16(20)23-19)18(25)26-6-3/h7-11,15H,4-6H2,1-3H3,(H,22,24)(H2,20,21,23)/t15-/m1/s1. The Kier molecular flexibility index (Phi) is 7.60. The number of hydrogen-bond acceptors (Lipinski definition) is 7. The van der Waals surface area contributed by atoms with E-state index in [1.807, 2.05) is 31.2 Å². The van der Waals surface area contributed by atoms with Gasteiger partial charge in [0.05, 0.1) is 11.9 Å². The Morgan fingerprint density at radius 1 is 1.22 bits per heavy atom. The second-order valence-electron chi connectivity index (χ2n) is 5.73. The molecule has 1 aromatic carbocycles. The van der Waals surface area contributed by atoms with Crippen LogP contribution in [0.15, 0.2) is 35.6 Å². The largest absolute Gasteiger partial charge is 0.462 e. The molecule has 2 aromatic rings. The molecule has 0 aliphatic heterocycles. The lowest BCUT2D eigenvalue weighted by molar-refractivity contribution is -0.115. The molecule has 1 atom stereocenters. The van der Waals surface area contributed by atoms with Gasteiger partial charge in [0.2, 0.25) is 5.91 Å². The fourth-order valence-corrected chi connectivity index (χ4v) is 3.15. The number of amides is 1. The van der Waals surface area contributed by atoms with Crippen molar-refractivity contribution in [2.75, 3.05) is 17.7 Å². The number of esters is 1. The van der Waals surface area contributed by atoms with Crippen molar-refractivity contribution in [3.8, 4) is 0 Å². The minimum absolute atomic E-state index is 0.0383. The topological polar surface area (TPSA) is 107 Å². The number of thioether (sulfide) groups is 1. The van der Waals surface area contributed by atoms with Crippen LogP contribution in [0.1, 0.15) is 43.1 Å². The first kappa shape index (κ1) is 20.7. The molecule has 7 nitrogen and oxygen atoms in total. The molecule has 0 spiro atoms. The number of rotatable bonds is 8. The average molecular weight is 388 g/mol. The molecule has 27 heavy (non-hydrogen) atoms. The molecule has 0 aliphatic rings. The predicted octanol–water partition coefficient (Wildman–Crippen LogP) is 3.31.